The molecule has 2 aromatic carbocycles. The molecule has 3 heteroatoms. The van der Waals surface area contributed by atoms with E-state index in [4.69, 9.17) is 0 Å². The fourth-order valence-electron chi connectivity index (χ4n) is 2.83. The first kappa shape index (κ1) is 13.7. The minimum atomic E-state index is -0.0156. The van der Waals surface area contributed by atoms with Crippen molar-refractivity contribution in [3.05, 3.63) is 65.7 Å². The Hall–Kier alpha value is -2.29. The fourth-order valence-corrected chi connectivity index (χ4v) is 2.83. The van der Waals surface area contributed by atoms with Gasteiger partial charge in [0, 0.05) is 18.8 Å². The van der Waals surface area contributed by atoms with Crippen molar-refractivity contribution in [3.8, 4) is 0 Å². The number of nitrogens with one attached hydrogen (secondary N) is 1. The number of rotatable bonds is 2. The van der Waals surface area contributed by atoms with Gasteiger partial charge in [0.15, 0.2) is 0 Å². The highest BCUT2D eigenvalue weighted by atomic mass is 16.2. The van der Waals surface area contributed by atoms with E-state index in [1.807, 2.05) is 53.4 Å². The van der Waals surface area contributed by atoms with E-state index in [1.54, 1.807) is 0 Å². The zero-order chi connectivity index (χ0) is 14.7. The number of benzene rings is 2. The second kappa shape index (κ2) is 6.00. The van der Waals surface area contributed by atoms with E-state index in [9.17, 15) is 4.79 Å². The van der Waals surface area contributed by atoms with Crippen LogP contribution in [0.5, 0.6) is 0 Å². The number of fused-ring (bicyclic) bond motifs is 1. The molecule has 1 aliphatic heterocycles. The molecule has 2 amide bonds. The molecule has 1 unspecified atom stereocenters. The number of carbonyl (C=O) groups excluding carboxylic acids is 1. The largest absolute Gasteiger partial charge is 0.334 e. The first-order valence-electron chi connectivity index (χ1n) is 7.44. The zero-order valence-corrected chi connectivity index (χ0v) is 12.3. The summed E-state index contributed by atoms with van der Waals surface area (Å²) in [6, 6.07) is 18.2. The molecule has 0 aliphatic carbocycles. The maximum atomic E-state index is 12.5. The van der Waals surface area contributed by atoms with Crippen LogP contribution in [0.15, 0.2) is 54.6 Å². The Morgan fingerprint density at radius 3 is 2.67 bits per heavy atom. The van der Waals surface area contributed by atoms with Crippen molar-refractivity contribution in [2.45, 2.75) is 25.8 Å². The van der Waals surface area contributed by atoms with Crippen molar-refractivity contribution >= 4 is 11.7 Å². The van der Waals surface area contributed by atoms with Crippen LogP contribution in [-0.2, 0) is 6.54 Å². The van der Waals surface area contributed by atoms with E-state index >= 15 is 0 Å². The molecule has 0 aromatic heterocycles. The lowest BCUT2D eigenvalue weighted by atomic mass is 9.92. The summed E-state index contributed by atoms with van der Waals surface area (Å²) < 4.78 is 0. The molecule has 0 radical (unpaired) electrons. The number of anilines is 1. The van der Waals surface area contributed by atoms with Crippen molar-refractivity contribution in [1.82, 2.24) is 5.32 Å². The predicted octanol–water partition coefficient (Wildman–Crippen LogP) is 3.91. The number of hydrogen-bond donors (Lipinski definition) is 1. The Balaban J connectivity index is 1.72. The summed E-state index contributed by atoms with van der Waals surface area (Å²) in [5.41, 5.74) is 3.42. The van der Waals surface area contributed by atoms with E-state index in [1.165, 1.54) is 5.56 Å². The summed E-state index contributed by atoms with van der Waals surface area (Å²) >= 11 is 0. The molecule has 3 rings (SSSR count). The van der Waals surface area contributed by atoms with Crippen molar-refractivity contribution in [2.75, 3.05) is 11.4 Å². The van der Waals surface area contributed by atoms with E-state index < -0.39 is 0 Å². The Labute approximate surface area is 125 Å². The topological polar surface area (TPSA) is 32.3 Å². The Kier molecular flexibility index (Phi) is 3.91. The number of hydrogen-bond acceptors (Lipinski definition) is 1. The maximum absolute atomic E-state index is 12.5. The van der Waals surface area contributed by atoms with Gasteiger partial charge in [-0.25, -0.2) is 4.79 Å². The van der Waals surface area contributed by atoms with Crippen LogP contribution in [0, 0.1) is 0 Å². The molecule has 0 bridgehead atoms. The second-order valence-electron chi connectivity index (χ2n) is 5.54. The molecular formula is C18H20N2O. The molecule has 0 saturated heterocycles. The number of carbonyl (C=O) groups is 1. The number of urea groups is 1. The van der Waals surface area contributed by atoms with Crippen molar-refractivity contribution in [1.29, 1.82) is 0 Å². The van der Waals surface area contributed by atoms with E-state index in [2.05, 4.69) is 18.3 Å². The molecule has 0 spiro atoms. The minimum absolute atomic E-state index is 0.0156. The number of nitrogens with zero attached hydrogens (tertiary/aromatic N) is 1. The van der Waals surface area contributed by atoms with Gasteiger partial charge < -0.3 is 5.32 Å². The van der Waals surface area contributed by atoms with Crippen LogP contribution in [0.2, 0.25) is 0 Å². The molecule has 1 atom stereocenters. The highest BCUT2D eigenvalue weighted by molar-refractivity contribution is 5.93. The molecule has 0 fully saturated rings. The van der Waals surface area contributed by atoms with Crippen molar-refractivity contribution < 1.29 is 4.79 Å². The summed E-state index contributed by atoms with van der Waals surface area (Å²) in [6.07, 6.45) is 1.01. The lowest BCUT2D eigenvalue weighted by Gasteiger charge is -2.32. The first-order valence-corrected chi connectivity index (χ1v) is 7.44. The monoisotopic (exact) mass is 280 g/mol. The van der Waals surface area contributed by atoms with Gasteiger partial charge in [-0.1, -0.05) is 55.5 Å². The normalized spacial score (nSPS) is 17.2. The van der Waals surface area contributed by atoms with Gasteiger partial charge in [-0.2, -0.15) is 0 Å². The fraction of sp³-hybridized carbons (Fsp3) is 0.278. The molecule has 1 heterocycles. The standard InChI is InChI=1S/C18H20N2O/c1-14-11-12-20(17-10-6-5-9-16(14)17)18(21)19-13-15-7-3-2-4-8-15/h2-10,14H,11-13H2,1H3,(H,19,21). The highest BCUT2D eigenvalue weighted by Crippen LogP contribution is 2.34. The maximum Gasteiger partial charge on any atom is 0.322 e. The van der Waals surface area contributed by atoms with E-state index in [0.717, 1.165) is 24.2 Å². The van der Waals surface area contributed by atoms with Gasteiger partial charge in [0.1, 0.15) is 0 Å². The van der Waals surface area contributed by atoms with Gasteiger partial charge in [-0.05, 0) is 29.5 Å². The average Bonchev–Trinajstić information content (AvgIpc) is 2.54. The third-order valence-corrected chi connectivity index (χ3v) is 4.08. The quantitative estimate of drug-likeness (QED) is 0.888. The minimum Gasteiger partial charge on any atom is -0.334 e. The molecule has 3 nitrogen and oxygen atoms in total. The average molecular weight is 280 g/mol. The third-order valence-electron chi connectivity index (χ3n) is 4.08. The molecule has 1 aliphatic rings. The molecule has 1 N–H and O–H groups in total. The van der Waals surface area contributed by atoms with Gasteiger partial charge in [0.25, 0.3) is 0 Å². The third kappa shape index (κ3) is 2.92. The van der Waals surface area contributed by atoms with Crippen molar-refractivity contribution in [2.24, 2.45) is 0 Å². The van der Waals surface area contributed by atoms with Crippen LogP contribution >= 0.6 is 0 Å². The lowest BCUT2D eigenvalue weighted by Crippen LogP contribution is -2.43. The summed E-state index contributed by atoms with van der Waals surface area (Å²) in [5, 5.41) is 3.01. The van der Waals surface area contributed by atoms with Gasteiger partial charge in [-0.15, -0.1) is 0 Å². The molecule has 2 aromatic rings. The lowest BCUT2D eigenvalue weighted by molar-refractivity contribution is 0.245. The molecular weight excluding hydrogens is 260 g/mol. The van der Waals surface area contributed by atoms with Crippen LogP contribution in [-0.4, -0.2) is 12.6 Å². The van der Waals surface area contributed by atoms with Gasteiger partial charge in [-0.3, -0.25) is 4.90 Å². The SMILES string of the molecule is CC1CCN(C(=O)NCc2ccccc2)c2ccccc21. The Morgan fingerprint density at radius 2 is 1.86 bits per heavy atom. The van der Waals surface area contributed by atoms with Crippen LogP contribution in [0.3, 0.4) is 0 Å². The summed E-state index contributed by atoms with van der Waals surface area (Å²) in [5.74, 6) is 0.513. The predicted molar refractivity (Wildman–Crippen MR) is 85.5 cm³/mol. The molecule has 21 heavy (non-hydrogen) atoms. The summed E-state index contributed by atoms with van der Waals surface area (Å²) in [4.78, 5) is 14.3. The van der Waals surface area contributed by atoms with Gasteiger partial charge in [0.2, 0.25) is 0 Å². The molecule has 108 valence electrons. The van der Waals surface area contributed by atoms with Crippen LogP contribution in [0.1, 0.15) is 30.4 Å². The Bertz CT molecular complexity index is 624. The van der Waals surface area contributed by atoms with E-state index in [0.29, 0.717) is 12.5 Å². The van der Waals surface area contributed by atoms with Crippen molar-refractivity contribution in [3.63, 3.8) is 0 Å². The van der Waals surface area contributed by atoms with Gasteiger partial charge in [0.05, 0.1) is 0 Å². The smallest absolute Gasteiger partial charge is 0.322 e. The van der Waals surface area contributed by atoms with Crippen LogP contribution < -0.4 is 10.2 Å². The number of amides is 2. The zero-order valence-electron chi connectivity index (χ0n) is 12.3. The summed E-state index contributed by atoms with van der Waals surface area (Å²) in [7, 11) is 0. The second-order valence-corrected chi connectivity index (χ2v) is 5.54. The Morgan fingerprint density at radius 1 is 1.14 bits per heavy atom. The van der Waals surface area contributed by atoms with Gasteiger partial charge >= 0.3 is 6.03 Å². The van der Waals surface area contributed by atoms with E-state index in [-0.39, 0.29) is 6.03 Å². The van der Waals surface area contributed by atoms with Crippen LogP contribution in [0.25, 0.3) is 0 Å². The first-order chi connectivity index (χ1) is 10.3. The van der Waals surface area contributed by atoms with Crippen LogP contribution in [0.4, 0.5) is 10.5 Å². The summed E-state index contributed by atoms with van der Waals surface area (Å²) in [6.45, 7) is 3.56. The molecule has 0 saturated carbocycles. The highest BCUT2D eigenvalue weighted by Gasteiger charge is 2.25. The number of para-hydroxylation sites is 1.